The average molecular weight is 295 g/mol. The minimum atomic E-state index is -0.940. The molecule has 0 amide bonds. The zero-order valence-corrected chi connectivity index (χ0v) is 11.0. The van der Waals surface area contributed by atoms with Gasteiger partial charge in [-0.25, -0.2) is 0 Å². The minimum Gasteiger partial charge on any atom is -0.481 e. The Bertz CT molecular complexity index is 603. The van der Waals surface area contributed by atoms with Crippen molar-refractivity contribution in [1.29, 1.82) is 0 Å². The van der Waals surface area contributed by atoms with Gasteiger partial charge in [0.05, 0.1) is 21.8 Å². The van der Waals surface area contributed by atoms with E-state index in [2.05, 4.69) is 0 Å². The van der Waals surface area contributed by atoms with Crippen LogP contribution in [0.15, 0.2) is 18.2 Å². The Hall–Kier alpha value is -2.71. The quantitative estimate of drug-likeness (QED) is 0.662. The SMILES string of the molecule is O=C(O)[C@H]1CCCN(c2ccc([N+](=O)[O-])cc2[N+](=O)[O-])C1. The second kappa shape index (κ2) is 5.73. The maximum atomic E-state index is 11.1. The fourth-order valence-electron chi connectivity index (χ4n) is 2.44. The van der Waals surface area contributed by atoms with Gasteiger partial charge in [0.2, 0.25) is 0 Å². The number of nitro groups is 2. The molecule has 0 spiro atoms. The molecule has 1 saturated heterocycles. The number of non-ortho nitro benzene ring substituents is 1. The lowest BCUT2D eigenvalue weighted by atomic mass is 9.97. The lowest BCUT2D eigenvalue weighted by Crippen LogP contribution is -2.39. The van der Waals surface area contributed by atoms with E-state index in [4.69, 9.17) is 5.11 Å². The Kier molecular flexibility index (Phi) is 4.01. The van der Waals surface area contributed by atoms with Gasteiger partial charge < -0.3 is 10.0 Å². The Balaban J connectivity index is 2.36. The predicted octanol–water partition coefficient (Wildman–Crippen LogP) is 1.80. The fourth-order valence-corrected chi connectivity index (χ4v) is 2.44. The van der Waals surface area contributed by atoms with Gasteiger partial charge in [0.15, 0.2) is 0 Å². The van der Waals surface area contributed by atoms with Gasteiger partial charge in [-0.2, -0.15) is 0 Å². The van der Waals surface area contributed by atoms with Crippen LogP contribution in [0.1, 0.15) is 12.8 Å². The highest BCUT2D eigenvalue weighted by Gasteiger charge is 2.30. The summed E-state index contributed by atoms with van der Waals surface area (Å²) in [4.78, 5) is 33.0. The number of carbonyl (C=O) groups is 1. The number of anilines is 1. The van der Waals surface area contributed by atoms with Crippen LogP contribution in [0.4, 0.5) is 17.1 Å². The topological polar surface area (TPSA) is 127 Å². The second-order valence-electron chi connectivity index (χ2n) is 4.81. The number of hydrogen-bond acceptors (Lipinski definition) is 6. The molecule has 1 aliphatic heterocycles. The summed E-state index contributed by atoms with van der Waals surface area (Å²) in [6.07, 6.45) is 1.12. The number of carboxylic acid groups (broad SMARTS) is 1. The third kappa shape index (κ3) is 3.07. The van der Waals surface area contributed by atoms with Gasteiger partial charge in [0.1, 0.15) is 5.69 Å². The molecular formula is C12H13N3O6. The van der Waals surface area contributed by atoms with Crippen LogP contribution in [0.2, 0.25) is 0 Å². The van der Waals surface area contributed by atoms with Crippen LogP contribution >= 0.6 is 0 Å². The number of rotatable bonds is 4. The second-order valence-corrected chi connectivity index (χ2v) is 4.81. The van der Waals surface area contributed by atoms with Crippen LogP contribution in [0.25, 0.3) is 0 Å². The number of benzene rings is 1. The van der Waals surface area contributed by atoms with E-state index in [1.54, 1.807) is 4.90 Å². The first kappa shape index (κ1) is 14.7. The van der Waals surface area contributed by atoms with Crippen molar-refractivity contribution in [3.63, 3.8) is 0 Å². The highest BCUT2D eigenvalue weighted by molar-refractivity contribution is 5.73. The normalized spacial score (nSPS) is 18.3. The Morgan fingerprint density at radius 3 is 2.57 bits per heavy atom. The summed E-state index contributed by atoms with van der Waals surface area (Å²) in [6.45, 7) is 0.649. The van der Waals surface area contributed by atoms with E-state index in [0.717, 1.165) is 6.07 Å². The molecule has 0 aliphatic carbocycles. The van der Waals surface area contributed by atoms with Crippen molar-refractivity contribution in [2.45, 2.75) is 12.8 Å². The van der Waals surface area contributed by atoms with Crippen molar-refractivity contribution in [3.8, 4) is 0 Å². The molecule has 0 unspecified atom stereocenters. The van der Waals surface area contributed by atoms with Crippen molar-refractivity contribution in [2.75, 3.05) is 18.0 Å². The molecule has 0 radical (unpaired) electrons. The van der Waals surface area contributed by atoms with Crippen LogP contribution in [0.3, 0.4) is 0 Å². The van der Waals surface area contributed by atoms with Crippen LogP contribution < -0.4 is 4.90 Å². The molecule has 2 rings (SSSR count). The summed E-state index contributed by atoms with van der Waals surface area (Å²) in [5, 5.41) is 30.8. The molecular weight excluding hydrogens is 282 g/mol. The van der Waals surface area contributed by atoms with E-state index in [9.17, 15) is 25.0 Å². The molecule has 1 fully saturated rings. The highest BCUT2D eigenvalue weighted by atomic mass is 16.6. The van der Waals surface area contributed by atoms with Gasteiger partial charge in [0.25, 0.3) is 11.4 Å². The summed E-state index contributed by atoms with van der Waals surface area (Å²) in [6, 6.07) is 3.40. The summed E-state index contributed by atoms with van der Waals surface area (Å²) >= 11 is 0. The number of nitrogens with zero attached hydrogens (tertiary/aromatic N) is 3. The Labute approximate surface area is 119 Å². The van der Waals surface area contributed by atoms with E-state index < -0.39 is 21.7 Å². The monoisotopic (exact) mass is 295 g/mol. The van der Waals surface area contributed by atoms with Crippen LogP contribution in [-0.4, -0.2) is 34.0 Å². The van der Waals surface area contributed by atoms with Gasteiger partial charge in [-0.3, -0.25) is 25.0 Å². The number of nitro benzene ring substituents is 2. The number of hydrogen-bond donors (Lipinski definition) is 1. The van der Waals surface area contributed by atoms with E-state index in [1.165, 1.54) is 12.1 Å². The van der Waals surface area contributed by atoms with Crippen molar-refractivity contribution < 1.29 is 19.7 Å². The molecule has 21 heavy (non-hydrogen) atoms. The van der Waals surface area contributed by atoms with E-state index >= 15 is 0 Å². The maximum absolute atomic E-state index is 11.1. The van der Waals surface area contributed by atoms with E-state index in [-0.39, 0.29) is 23.6 Å². The summed E-state index contributed by atoms with van der Waals surface area (Å²) < 4.78 is 0. The minimum absolute atomic E-state index is 0.161. The van der Waals surface area contributed by atoms with Gasteiger partial charge in [-0.1, -0.05) is 0 Å². The molecule has 9 heteroatoms. The number of carboxylic acids is 1. The molecule has 1 aliphatic rings. The maximum Gasteiger partial charge on any atom is 0.308 e. The molecule has 1 aromatic carbocycles. The summed E-state index contributed by atoms with van der Waals surface area (Å²) in [5.74, 6) is -1.53. The van der Waals surface area contributed by atoms with Gasteiger partial charge in [-0.05, 0) is 18.9 Å². The molecule has 1 atom stereocenters. The van der Waals surface area contributed by atoms with Crippen molar-refractivity contribution >= 4 is 23.0 Å². The molecule has 0 aromatic heterocycles. The average Bonchev–Trinajstić information content (AvgIpc) is 2.46. The van der Waals surface area contributed by atoms with Gasteiger partial charge in [0, 0.05) is 19.2 Å². The van der Waals surface area contributed by atoms with Crippen molar-refractivity contribution in [2.24, 2.45) is 5.92 Å². The first-order chi connectivity index (χ1) is 9.90. The Morgan fingerprint density at radius 2 is 2.00 bits per heavy atom. The van der Waals surface area contributed by atoms with Crippen molar-refractivity contribution in [3.05, 3.63) is 38.4 Å². The summed E-state index contributed by atoms with van der Waals surface area (Å²) in [5.41, 5.74) is -0.524. The smallest absolute Gasteiger partial charge is 0.308 e. The first-order valence-corrected chi connectivity index (χ1v) is 6.30. The Morgan fingerprint density at radius 1 is 1.29 bits per heavy atom. The van der Waals surface area contributed by atoms with Gasteiger partial charge >= 0.3 is 5.97 Å². The lowest BCUT2D eigenvalue weighted by molar-refractivity contribution is -0.393. The highest BCUT2D eigenvalue weighted by Crippen LogP contribution is 2.34. The van der Waals surface area contributed by atoms with Crippen LogP contribution in [-0.2, 0) is 4.79 Å². The fraction of sp³-hybridized carbons (Fsp3) is 0.417. The van der Waals surface area contributed by atoms with E-state index in [1.807, 2.05) is 0 Å². The lowest BCUT2D eigenvalue weighted by Gasteiger charge is -2.32. The van der Waals surface area contributed by atoms with Crippen LogP contribution in [0, 0.1) is 26.1 Å². The zero-order chi connectivity index (χ0) is 15.6. The third-order valence-corrected chi connectivity index (χ3v) is 3.48. The molecule has 1 N–H and O–H groups in total. The standard InChI is InChI=1S/C12H13N3O6/c16-12(17)8-2-1-5-13(7-8)10-4-3-9(14(18)19)6-11(10)15(20)21/h3-4,6,8H,1-2,5,7H2,(H,16,17)/t8-/m0/s1. The number of piperidine rings is 1. The predicted molar refractivity (Wildman–Crippen MR) is 72.3 cm³/mol. The van der Waals surface area contributed by atoms with Gasteiger partial charge in [-0.15, -0.1) is 0 Å². The molecule has 0 bridgehead atoms. The van der Waals surface area contributed by atoms with Crippen LogP contribution in [0.5, 0.6) is 0 Å². The summed E-state index contributed by atoms with van der Waals surface area (Å²) in [7, 11) is 0. The first-order valence-electron chi connectivity index (χ1n) is 6.30. The molecule has 112 valence electrons. The van der Waals surface area contributed by atoms with E-state index in [0.29, 0.717) is 19.4 Å². The molecule has 1 aromatic rings. The van der Waals surface area contributed by atoms with Crippen molar-refractivity contribution in [1.82, 2.24) is 0 Å². The molecule has 1 heterocycles. The third-order valence-electron chi connectivity index (χ3n) is 3.48. The molecule has 0 saturated carbocycles. The zero-order valence-electron chi connectivity index (χ0n) is 11.0. The molecule has 9 nitrogen and oxygen atoms in total. The largest absolute Gasteiger partial charge is 0.481 e. The number of aliphatic carboxylic acids is 1.